The maximum Gasteiger partial charge on any atom is 0.129 e. The van der Waals surface area contributed by atoms with Gasteiger partial charge in [0, 0.05) is 47.0 Å². The predicted molar refractivity (Wildman–Crippen MR) is 324 cm³/mol. The van der Waals surface area contributed by atoms with Crippen molar-refractivity contribution in [2.24, 2.45) is 56.7 Å². The summed E-state index contributed by atoms with van der Waals surface area (Å²) in [5.74, 6) is 4.63. The van der Waals surface area contributed by atoms with Gasteiger partial charge in [-0.15, -0.1) is 5.73 Å². The molecule has 10 aliphatic rings. The molecule has 0 bridgehead atoms. The molecule has 11 atom stereocenters. The fraction of sp³-hybridized carbons (Fsp3) is 0.562. The molecule has 12 rings (SSSR count). The van der Waals surface area contributed by atoms with Crippen LogP contribution in [0.5, 0.6) is 0 Å². The van der Waals surface area contributed by atoms with Gasteiger partial charge in [0.25, 0.3) is 0 Å². The zero-order valence-electron chi connectivity index (χ0n) is 49.5. The number of rotatable bonds is 7. The first-order chi connectivity index (χ1) is 36.7. The predicted octanol–water partition coefficient (Wildman–Crippen LogP) is 18.0. The maximum atomic E-state index is 6.02. The molecule has 11 unspecified atom stereocenters. The fourth-order valence-electron chi connectivity index (χ4n) is 16.7. The summed E-state index contributed by atoms with van der Waals surface area (Å²) < 4.78 is 0. The van der Waals surface area contributed by atoms with Crippen molar-refractivity contribution in [2.75, 3.05) is 0 Å². The van der Waals surface area contributed by atoms with Gasteiger partial charge in [-0.1, -0.05) is 197 Å². The normalized spacial score (nSPS) is 32.4. The molecule has 406 valence electrons. The number of hydrogen-bond donors (Lipinski definition) is 2. The Morgan fingerprint density at radius 2 is 1.47 bits per heavy atom. The van der Waals surface area contributed by atoms with Crippen molar-refractivity contribution < 1.29 is 0 Å². The Bertz CT molecular complexity index is 3010. The largest absolute Gasteiger partial charge is 0.367 e. The highest BCUT2D eigenvalue weighted by atomic mass is 15.3. The minimum atomic E-state index is -0.149. The molecule has 2 fully saturated rings. The van der Waals surface area contributed by atoms with Crippen molar-refractivity contribution in [1.82, 2.24) is 15.5 Å². The van der Waals surface area contributed by atoms with Crippen LogP contribution in [0.25, 0.3) is 5.57 Å². The lowest BCUT2D eigenvalue weighted by atomic mass is 9.65. The van der Waals surface area contributed by atoms with Crippen LogP contribution in [0.4, 0.5) is 0 Å². The molecule has 2 aromatic carbocycles. The first-order valence-corrected chi connectivity index (χ1v) is 30.9. The minimum absolute atomic E-state index is 0.0230. The Hall–Kier alpha value is -4.89. The van der Waals surface area contributed by atoms with Crippen LogP contribution in [-0.2, 0) is 5.41 Å². The lowest BCUT2D eigenvalue weighted by Gasteiger charge is -2.49. The van der Waals surface area contributed by atoms with E-state index in [1.54, 1.807) is 33.6 Å². The lowest BCUT2D eigenvalue weighted by Crippen LogP contribution is -2.60. The van der Waals surface area contributed by atoms with Gasteiger partial charge in [0.15, 0.2) is 0 Å². The SMILES string of the molecule is CC(C)(C)C1=CC2=C(CC1)C(C1=C(C3=C=CC=CC3)C=CCC1C1NC(C3CCC(C4CC=CCC4)C3N3C4=C(C=C(C(C)(C)C)CC4)C4CC(C(C)(C)C)CCC43)=NC(c3ccccc3)N1)c1ccc(C(C)(C)C)cc12. The van der Waals surface area contributed by atoms with E-state index in [1.165, 1.54) is 109 Å². The van der Waals surface area contributed by atoms with Gasteiger partial charge in [-0.25, -0.2) is 4.99 Å². The van der Waals surface area contributed by atoms with Gasteiger partial charge in [0.1, 0.15) is 12.0 Å². The van der Waals surface area contributed by atoms with Crippen molar-refractivity contribution in [3.8, 4) is 0 Å². The Morgan fingerprint density at radius 1 is 0.688 bits per heavy atom. The first-order valence-electron chi connectivity index (χ1n) is 30.9. The Kier molecular flexibility index (Phi) is 13.7. The molecule has 0 aromatic heterocycles. The zero-order valence-corrected chi connectivity index (χ0v) is 49.5. The molecule has 2 saturated carbocycles. The quantitative estimate of drug-likeness (QED) is 0.214. The van der Waals surface area contributed by atoms with Crippen LogP contribution >= 0.6 is 0 Å². The van der Waals surface area contributed by atoms with Crippen LogP contribution in [0.3, 0.4) is 0 Å². The van der Waals surface area contributed by atoms with Crippen LogP contribution < -0.4 is 10.6 Å². The second-order valence-electron chi connectivity index (χ2n) is 29.7. The van der Waals surface area contributed by atoms with E-state index in [-0.39, 0.29) is 40.4 Å². The Labute approximate surface area is 466 Å². The van der Waals surface area contributed by atoms with E-state index >= 15 is 0 Å². The summed E-state index contributed by atoms with van der Waals surface area (Å²) in [6.07, 6.45) is 38.5. The summed E-state index contributed by atoms with van der Waals surface area (Å²) in [7, 11) is 0. The maximum absolute atomic E-state index is 6.02. The lowest BCUT2D eigenvalue weighted by molar-refractivity contribution is 0.0488. The van der Waals surface area contributed by atoms with Gasteiger partial charge in [-0.3, -0.25) is 5.32 Å². The summed E-state index contributed by atoms with van der Waals surface area (Å²) in [6.45, 7) is 29.3. The van der Waals surface area contributed by atoms with Gasteiger partial charge in [0.05, 0.1) is 6.17 Å². The van der Waals surface area contributed by atoms with Crippen molar-refractivity contribution in [2.45, 2.75) is 209 Å². The number of amidine groups is 1. The molecule has 0 amide bonds. The third-order valence-electron chi connectivity index (χ3n) is 21.0. The second-order valence-corrected chi connectivity index (χ2v) is 29.7. The van der Waals surface area contributed by atoms with Crippen LogP contribution in [0.15, 0.2) is 159 Å². The average molecular weight is 1030 g/mol. The van der Waals surface area contributed by atoms with Crippen molar-refractivity contribution >= 4 is 11.4 Å². The molecule has 2 aliphatic heterocycles. The molecule has 4 heteroatoms. The number of hydrogen-bond acceptors (Lipinski definition) is 4. The van der Waals surface area contributed by atoms with E-state index in [0.717, 1.165) is 31.6 Å². The van der Waals surface area contributed by atoms with Crippen molar-refractivity contribution in [3.05, 3.63) is 176 Å². The number of benzene rings is 2. The molecule has 2 heterocycles. The van der Waals surface area contributed by atoms with E-state index in [2.05, 4.69) is 208 Å². The zero-order chi connectivity index (χ0) is 53.8. The molecule has 0 saturated heterocycles. The molecule has 0 spiro atoms. The standard InChI is InChI=1S/C73H94N4/c1-70(2,3)48-31-35-54-58(41-48)59-42-49(71(4,5)6)32-36-55(59)65(54)64-52(45-23-16-13-17-24-45)29-22-30-56(64)68-74-67(47-27-20-15-21-28-47)75-69(76-68)57-38-37-53(46-25-18-14-19-26-46)66(57)77-62-39-33-50(72(7,8)9)43-60(62)61-44-51(73(10,11)12)34-40-63(61)77/h13-18,20-22,27-29,31,35,41-43,46,51,53,56-57,61,63,65-68,74H,19,23,25-26,30,32-34,36-40,44H2,1-12H3,(H,75,76). The number of aliphatic imine (C=N–C) groups is 1. The molecule has 0 radical (unpaired) electrons. The van der Waals surface area contributed by atoms with Crippen LogP contribution in [0, 0.1) is 51.8 Å². The molecular formula is C73H94N4. The van der Waals surface area contributed by atoms with E-state index in [4.69, 9.17) is 4.99 Å². The highest BCUT2D eigenvalue weighted by molar-refractivity contribution is 5.89. The highest BCUT2D eigenvalue weighted by Gasteiger charge is 2.55. The van der Waals surface area contributed by atoms with E-state index < -0.39 is 0 Å². The number of nitrogens with zero attached hydrogens (tertiary/aromatic N) is 2. The van der Waals surface area contributed by atoms with Crippen LogP contribution in [0.2, 0.25) is 0 Å². The van der Waals surface area contributed by atoms with Crippen molar-refractivity contribution in [1.29, 1.82) is 0 Å². The Balaban J connectivity index is 0.999. The second kappa shape index (κ2) is 20.0. The average Bonchev–Trinajstić information content (AvgIpc) is 4.28. The number of nitrogens with one attached hydrogen (secondary N) is 2. The minimum Gasteiger partial charge on any atom is -0.367 e. The Morgan fingerprint density at radius 3 is 2.18 bits per heavy atom. The number of allylic oxidation sites excluding steroid dienone is 15. The summed E-state index contributed by atoms with van der Waals surface area (Å²) in [5, 5.41) is 8.81. The summed E-state index contributed by atoms with van der Waals surface area (Å²) >= 11 is 0. The van der Waals surface area contributed by atoms with Gasteiger partial charge >= 0.3 is 0 Å². The third kappa shape index (κ3) is 9.81. The van der Waals surface area contributed by atoms with Gasteiger partial charge in [0.2, 0.25) is 0 Å². The highest BCUT2D eigenvalue weighted by Crippen LogP contribution is 2.59. The van der Waals surface area contributed by atoms with Crippen LogP contribution in [-0.4, -0.2) is 29.0 Å². The molecule has 4 nitrogen and oxygen atoms in total. The van der Waals surface area contributed by atoms with Gasteiger partial charge in [-0.2, -0.15) is 0 Å². The van der Waals surface area contributed by atoms with Crippen molar-refractivity contribution in [3.63, 3.8) is 0 Å². The fourth-order valence-corrected chi connectivity index (χ4v) is 16.7. The van der Waals surface area contributed by atoms with Gasteiger partial charge in [-0.05, 0) is 180 Å². The van der Waals surface area contributed by atoms with E-state index in [0.29, 0.717) is 41.2 Å². The smallest absolute Gasteiger partial charge is 0.129 e. The first kappa shape index (κ1) is 52.8. The van der Waals surface area contributed by atoms with Crippen LogP contribution in [0.1, 0.15) is 207 Å². The third-order valence-corrected chi connectivity index (χ3v) is 21.0. The monoisotopic (exact) mass is 1030 g/mol. The molecule has 8 aliphatic carbocycles. The molecule has 77 heavy (non-hydrogen) atoms. The molecular weight excluding hydrogens is 933 g/mol. The van der Waals surface area contributed by atoms with E-state index in [9.17, 15) is 0 Å². The molecule has 2 N–H and O–H groups in total. The summed E-state index contributed by atoms with van der Waals surface area (Å²) in [5.41, 5.74) is 24.2. The number of fused-ring (bicyclic) bond motifs is 4. The summed E-state index contributed by atoms with van der Waals surface area (Å²) in [4.78, 5) is 9.21. The summed E-state index contributed by atoms with van der Waals surface area (Å²) in [6, 6.07) is 19.8. The van der Waals surface area contributed by atoms with Gasteiger partial charge < -0.3 is 10.2 Å². The van der Waals surface area contributed by atoms with E-state index in [1.807, 2.05) is 0 Å². The topological polar surface area (TPSA) is 39.7 Å². The molecule has 2 aromatic rings.